The molecule has 0 aromatic rings. The van der Waals surface area contributed by atoms with E-state index in [1.54, 1.807) is 0 Å². The molecule has 0 heterocycles. The first-order valence-corrected chi connectivity index (χ1v) is 10.6. The van der Waals surface area contributed by atoms with E-state index < -0.39 is 18.4 Å². The van der Waals surface area contributed by atoms with E-state index in [-0.39, 0.29) is 10.8 Å². The third kappa shape index (κ3) is 7.91. The SMILES string of the molecule is CC(C)(C)[Si](C)(C)OCCCCCS(=O)(=O)O. The minimum absolute atomic E-state index is 0.146. The lowest BCUT2D eigenvalue weighted by Crippen LogP contribution is -2.40. The Morgan fingerprint density at radius 2 is 1.65 bits per heavy atom. The maximum absolute atomic E-state index is 10.5. The van der Waals surface area contributed by atoms with Crippen molar-refractivity contribution in [3.63, 3.8) is 0 Å². The Morgan fingerprint density at radius 3 is 2.06 bits per heavy atom. The Hall–Kier alpha value is 0.0869. The van der Waals surface area contributed by atoms with E-state index in [0.29, 0.717) is 13.0 Å². The molecule has 104 valence electrons. The highest BCUT2D eigenvalue weighted by Crippen LogP contribution is 2.36. The lowest BCUT2D eigenvalue weighted by atomic mass is 10.2. The molecule has 0 radical (unpaired) electrons. The van der Waals surface area contributed by atoms with E-state index in [9.17, 15) is 8.42 Å². The van der Waals surface area contributed by atoms with E-state index in [1.165, 1.54) is 0 Å². The third-order valence-corrected chi connectivity index (χ3v) is 8.66. The number of rotatable bonds is 7. The summed E-state index contributed by atoms with van der Waals surface area (Å²) in [6.45, 7) is 11.7. The van der Waals surface area contributed by atoms with Gasteiger partial charge in [-0.05, 0) is 31.0 Å². The fourth-order valence-electron chi connectivity index (χ4n) is 1.11. The predicted molar refractivity (Wildman–Crippen MR) is 73.4 cm³/mol. The van der Waals surface area contributed by atoms with Gasteiger partial charge in [-0.1, -0.05) is 27.2 Å². The Morgan fingerprint density at radius 1 is 1.12 bits per heavy atom. The van der Waals surface area contributed by atoms with Gasteiger partial charge in [0.2, 0.25) is 0 Å². The lowest BCUT2D eigenvalue weighted by molar-refractivity contribution is 0.278. The van der Waals surface area contributed by atoms with Crippen LogP contribution in [0.4, 0.5) is 0 Å². The Balaban J connectivity index is 3.73. The second-order valence-electron chi connectivity index (χ2n) is 5.96. The molecule has 0 aromatic carbocycles. The van der Waals surface area contributed by atoms with Crippen LogP contribution in [0, 0.1) is 0 Å². The summed E-state index contributed by atoms with van der Waals surface area (Å²) in [4.78, 5) is 0. The maximum Gasteiger partial charge on any atom is 0.264 e. The summed E-state index contributed by atoms with van der Waals surface area (Å²) in [6.07, 6.45) is 2.12. The summed E-state index contributed by atoms with van der Waals surface area (Å²) in [6, 6.07) is 0. The van der Waals surface area contributed by atoms with Crippen molar-refractivity contribution in [3.05, 3.63) is 0 Å². The molecule has 0 aliphatic heterocycles. The fourth-order valence-corrected chi connectivity index (χ4v) is 2.76. The highest BCUT2D eigenvalue weighted by Gasteiger charge is 2.36. The second-order valence-corrected chi connectivity index (χ2v) is 12.3. The predicted octanol–water partition coefficient (Wildman–Crippen LogP) is 3.07. The van der Waals surface area contributed by atoms with Gasteiger partial charge in [0.1, 0.15) is 0 Å². The summed E-state index contributed by atoms with van der Waals surface area (Å²) in [5, 5.41) is 0.210. The molecular weight excluding hydrogens is 256 g/mol. The van der Waals surface area contributed by atoms with Crippen molar-refractivity contribution < 1.29 is 17.4 Å². The average molecular weight is 282 g/mol. The highest BCUT2D eigenvalue weighted by atomic mass is 32.2. The standard InChI is InChI=1S/C11H26O4SSi/c1-11(2,3)17(4,5)15-9-7-6-8-10-16(12,13)14/h6-10H2,1-5H3,(H,12,13,14). The summed E-state index contributed by atoms with van der Waals surface area (Å²) in [5.74, 6) is -0.146. The molecule has 0 saturated heterocycles. The molecule has 0 saturated carbocycles. The van der Waals surface area contributed by atoms with Crippen LogP contribution in [0.15, 0.2) is 0 Å². The minimum Gasteiger partial charge on any atom is -0.417 e. The first-order chi connectivity index (χ1) is 7.46. The Bertz CT molecular complexity index is 317. The largest absolute Gasteiger partial charge is 0.417 e. The van der Waals surface area contributed by atoms with Gasteiger partial charge in [0, 0.05) is 6.61 Å². The van der Waals surface area contributed by atoms with Crippen LogP contribution in [0.5, 0.6) is 0 Å². The van der Waals surface area contributed by atoms with Gasteiger partial charge in [0.05, 0.1) is 5.75 Å². The normalized spacial score (nSPS) is 14.0. The van der Waals surface area contributed by atoms with E-state index in [4.69, 9.17) is 8.98 Å². The van der Waals surface area contributed by atoms with Crippen molar-refractivity contribution in [2.24, 2.45) is 0 Å². The molecular formula is C11H26O4SSi. The molecule has 1 N–H and O–H groups in total. The van der Waals surface area contributed by atoms with Gasteiger partial charge in [0.25, 0.3) is 10.1 Å². The molecule has 0 unspecified atom stereocenters. The smallest absolute Gasteiger partial charge is 0.264 e. The van der Waals surface area contributed by atoms with Gasteiger partial charge in [0.15, 0.2) is 8.32 Å². The van der Waals surface area contributed by atoms with Gasteiger partial charge in [-0.15, -0.1) is 0 Å². The number of hydrogen-bond acceptors (Lipinski definition) is 3. The second kappa shape index (κ2) is 6.31. The zero-order valence-corrected chi connectivity index (χ0v) is 13.4. The van der Waals surface area contributed by atoms with E-state index in [2.05, 4.69) is 33.9 Å². The molecule has 0 spiro atoms. The highest BCUT2D eigenvalue weighted by molar-refractivity contribution is 7.85. The van der Waals surface area contributed by atoms with E-state index in [1.807, 2.05) is 0 Å². The number of hydrogen-bond donors (Lipinski definition) is 1. The summed E-state index contributed by atoms with van der Waals surface area (Å²) >= 11 is 0. The quantitative estimate of drug-likeness (QED) is 0.443. The Kier molecular flexibility index (Phi) is 6.34. The lowest BCUT2D eigenvalue weighted by Gasteiger charge is -2.36. The average Bonchev–Trinajstić information content (AvgIpc) is 2.07. The molecule has 0 bridgehead atoms. The molecule has 0 atom stereocenters. The van der Waals surface area contributed by atoms with Crippen molar-refractivity contribution in [1.82, 2.24) is 0 Å². The van der Waals surface area contributed by atoms with E-state index in [0.717, 1.165) is 12.8 Å². The van der Waals surface area contributed by atoms with Crippen LogP contribution in [0.25, 0.3) is 0 Å². The summed E-state index contributed by atoms with van der Waals surface area (Å²) in [7, 11) is -5.46. The van der Waals surface area contributed by atoms with Crippen LogP contribution in [0.2, 0.25) is 18.1 Å². The van der Waals surface area contributed by atoms with Crippen LogP contribution < -0.4 is 0 Å². The van der Waals surface area contributed by atoms with E-state index >= 15 is 0 Å². The monoisotopic (exact) mass is 282 g/mol. The van der Waals surface area contributed by atoms with Crippen LogP contribution in [-0.4, -0.2) is 33.6 Å². The van der Waals surface area contributed by atoms with Crippen LogP contribution in [-0.2, 0) is 14.5 Å². The summed E-state index contributed by atoms with van der Waals surface area (Å²) in [5.41, 5.74) is 0. The van der Waals surface area contributed by atoms with Gasteiger partial charge in [-0.2, -0.15) is 8.42 Å². The number of unbranched alkanes of at least 4 members (excludes halogenated alkanes) is 2. The molecule has 0 fully saturated rings. The summed E-state index contributed by atoms with van der Waals surface area (Å²) < 4.78 is 35.5. The first-order valence-electron chi connectivity index (χ1n) is 6.05. The molecule has 6 heteroatoms. The third-order valence-electron chi connectivity index (χ3n) is 3.32. The zero-order valence-electron chi connectivity index (χ0n) is 11.6. The van der Waals surface area contributed by atoms with Gasteiger partial charge in [-0.25, -0.2) is 0 Å². The molecule has 0 amide bonds. The first kappa shape index (κ1) is 17.1. The topological polar surface area (TPSA) is 63.6 Å². The Labute approximate surface area is 107 Å². The molecule has 0 rings (SSSR count). The van der Waals surface area contributed by atoms with Crippen molar-refractivity contribution in [3.8, 4) is 0 Å². The zero-order chi connectivity index (χ0) is 13.7. The van der Waals surface area contributed by atoms with Gasteiger partial charge >= 0.3 is 0 Å². The van der Waals surface area contributed by atoms with Crippen LogP contribution in [0.1, 0.15) is 40.0 Å². The van der Waals surface area contributed by atoms with Crippen LogP contribution in [0.3, 0.4) is 0 Å². The fraction of sp³-hybridized carbons (Fsp3) is 1.00. The van der Waals surface area contributed by atoms with Crippen molar-refractivity contribution in [1.29, 1.82) is 0 Å². The van der Waals surface area contributed by atoms with Crippen molar-refractivity contribution in [2.45, 2.75) is 58.2 Å². The van der Waals surface area contributed by atoms with Crippen molar-refractivity contribution >= 4 is 18.4 Å². The molecule has 0 aliphatic carbocycles. The minimum atomic E-state index is -3.80. The molecule has 4 nitrogen and oxygen atoms in total. The van der Waals surface area contributed by atoms with Crippen molar-refractivity contribution in [2.75, 3.05) is 12.4 Å². The van der Waals surface area contributed by atoms with Crippen LogP contribution >= 0.6 is 0 Å². The maximum atomic E-state index is 10.5. The molecule has 0 aliphatic rings. The van der Waals surface area contributed by atoms with Gasteiger partial charge < -0.3 is 4.43 Å². The van der Waals surface area contributed by atoms with Gasteiger partial charge in [-0.3, -0.25) is 4.55 Å². The molecule has 17 heavy (non-hydrogen) atoms. The molecule has 0 aromatic heterocycles.